The number of benzene rings is 1. The van der Waals surface area contributed by atoms with Crippen LogP contribution < -0.4 is 15.4 Å². The van der Waals surface area contributed by atoms with E-state index in [1.54, 1.807) is 24.5 Å². The molecule has 1 amide bonds. The summed E-state index contributed by atoms with van der Waals surface area (Å²) in [5.41, 5.74) is 3.59. The SMILES string of the molecule is Cc1ncccc1Oc1ccc(NC(=O)C2Cc3ccccc3N2)cn1. The molecular formula is C20H18N4O2. The number of aryl methyl sites for hydroxylation is 1. The molecule has 0 spiro atoms. The molecule has 1 aliphatic rings. The van der Waals surface area contributed by atoms with Crippen molar-refractivity contribution in [3.8, 4) is 11.6 Å². The Morgan fingerprint density at radius 3 is 2.81 bits per heavy atom. The van der Waals surface area contributed by atoms with Crippen molar-refractivity contribution in [1.29, 1.82) is 0 Å². The molecule has 130 valence electrons. The summed E-state index contributed by atoms with van der Waals surface area (Å²) < 4.78 is 5.71. The van der Waals surface area contributed by atoms with Gasteiger partial charge in [0.1, 0.15) is 6.04 Å². The highest BCUT2D eigenvalue weighted by Gasteiger charge is 2.26. The molecule has 1 aliphatic heterocycles. The standard InChI is InChI=1S/C20H18N4O2/c1-13-18(7-4-10-21-13)26-19-9-8-15(12-22-19)23-20(25)17-11-14-5-2-3-6-16(14)24-17/h2-10,12,17,24H,11H2,1H3,(H,23,25). The molecule has 2 N–H and O–H groups in total. The van der Waals surface area contributed by atoms with Gasteiger partial charge in [-0.15, -0.1) is 0 Å². The number of aromatic nitrogens is 2. The molecule has 1 aromatic carbocycles. The summed E-state index contributed by atoms with van der Waals surface area (Å²) in [5.74, 6) is 1.02. The van der Waals surface area contributed by atoms with E-state index in [-0.39, 0.29) is 11.9 Å². The molecule has 1 atom stereocenters. The lowest BCUT2D eigenvalue weighted by atomic mass is 10.1. The number of pyridine rings is 2. The van der Waals surface area contributed by atoms with E-state index in [2.05, 4.69) is 20.6 Å². The maximum absolute atomic E-state index is 12.5. The number of nitrogens with one attached hydrogen (secondary N) is 2. The third kappa shape index (κ3) is 3.35. The van der Waals surface area contributed by atoms with Gasteiger partial charge < -0.3 is 15.4 Å². The summed E-state index contributed by atoms with van der Waals surface area (Å²) in [4.78, 5) is 20.9. The van der Waals surface area contributed by atoms with E-state index in [4.69, 9.17) is 4.74 Å². The van der Waals surface area contributed by atoms with Crippen molar-refractivity contribution in [2.45, 2.75) is 19.4 Å². The lowest BCUT2D eigenvalue weighted by Crippen LogP contribution is -2.32. The first kappa shape index (κ1) is 16.1. The van der Waals surface area contributed by atoms with Crippen LogP contribution in [0.4, 0.5) is 11.4 Å². The van der Waals surface area contributed by atoms with Crippen LogP contribution in [0.5, 0.6) is 11.6 Å². The van der Waals surface area contributed by atoms with Crippen LogP contribution in [0.2, 0.25) is 0 Å². The van der Waals surface area contributed by atoms with Crippen molar-refractivity contribution in [1.82, 2.24) is 9.97 Å². The molecule has 0 fully saturated rings. The number of hydrogen-bond donors (Lipinski definition) is 2. The third-order valence-corrected chi connectivity index (χ3v) is 4.26. The van der Waals surface area contributed by atoms with E-state index < -0.39 is 0 Å². The first-order chi connectivity index (χ1) is 12.7. The van der Waals surface area contributed by atoms with Crippen LogP contribution in [-0.2, 0) is 11.2 Å². The van der Waals surface area contributed by atoms with E-state index in [0.717, 1.165) is 16.9 Å². The number of rotatable bonds is 4. The van der Waals surface area contributed by atoms with Gasteiger partial charge >= 0.3 is 0 Å². The molecule has 1 unspecified atom stereocenters. The number of para-hydroxylation sites is 1. The van der Waals surface area contributed by atoms with Crippen molar-refractivity contribution in [3.05, 3.63) is 72.2 Å². The molecule has 0 saturated carbocycles. The molecule has 6 heteroatoms. The molecule has 0 aliphatic carbocycles. The molecule has 6 nitrogen and oxygen atoms in total. The molecule has 0 bridgehead atoms. The molecular weight excluding hydrogens is 328 g/mol. The Balaban J connectivity index is 1.39. The van der Waals surface area contributed by atoms with Crippen LogP contribution in [0.15, 0.2) is 60.9 Å². The van der Waals surface area contributed by atoms with Crippen molar-refractivity contribution >= 4 is 17.3 Å². The highest BCUT2D eigenvalue weighted by molar-refractivity contribution is 5.97. The Morgan fingerprint density at radius 2 is 2.04 bits per heavy atom. The van der Waals surface area contributed by atoms with Crippen LogP contribution in [0, 0.1) is 6.92 Å². The predicted molar refractivity (Wildman–Crippen MR) is 99.5 cm³/mol. The first-order valence-electron chi connectivity index (χ1n) is 8.40. The molecule has 0 radical (unpaired) electrons. The lowest BCUT2D eigenvalue weighted by Gasteiger charge is -2.12. The number of amides is 1. The normalized spacial score (nSPS) is 15.0. The van der Waals surface area contributed by atoms with Gasteiger partial charge in [-0.1, -0.05) is 18.2 Å². The van der Waals surface area contributed by atoms with Gasteiger partial charge in [-0.05, 0) is 36.8 Å². The van der Waals surface area contributed by atoms with Crippen LogP contribution in [0.1, 0.15) is 11.3 Å². The maximum atomic E-state index is 12.5. The summed E-state index contributed by atoms with van der Waals surface area (Å²) in [5, 5.41) is 6.13. The molecule has 2 aromatic heterocycles. The highest BCUT2D eigenvalue weighted by atomic mass is 16.5. The van der Waals surface area contributed by atoms with E-state index in [9.17, 15) is 4.79 Å². The van der Waals surface area contributed by atoms with Gasteiger partial charge in [0.05, 0.1) is 17.6 Å². The number of nitrogens with zero attached hydrogens (tertiary/aromatic N) is 2. The minimum atomic E-state index is -0.277. The van der Waals surface area contributed by atoms with E-state index in [0.29, 0.717) is 23.7 Å². The third-order valence-electron chi connectivity index (χ3n) is 4.26. The number of ether oxygens (including phenoxy) is 1. The Bertz CT molecular complexity index is 916. The Morgan fingerprint density at radius 1 is 1.15 bits per heavy atom. The average molecular weight is 346 g/mol. The fourth-order valence-corrected chi connectivity index (χ4v) is 2.89. The van der Waals surface area contributed by atoms with Gasteiger partial charge in [0, 0.05) is 24.4 Å². The summed E-state index contributed by atoms with van der Waals surface area (Å²) in [6, 6.07) is 14.8. The Labute approximate surface area is 151 Å². The Hall–Kier alpha value is -3.41. The highest BCUT2D eigenvalue weighted by Crippen LogP contribution is 2.26. The minimum Gasteiger partial charge on any atom is -0.437 e. The van der Waals surface area contributed by atoms with Gasteiger partial charge in [-0.25, -0.2) is 4.98 Å². The van der Waals surface area contributed by atoms with Gasteiger partial charge in [0.25, 0.3) is 0 Å². The number of fused-ring (bicyclic) bond motifs is 1. The fraction of sp³-hybridized carbons (Fsp3) is 0.150. The molecule has 0 saturated heterocycles. The second-order valence-corrected chi connectivity index (χ2v) is 6.12. The van der Waals surface area contributed by atoms with Crippen molar-refractivity contribution in [2.24, 2.45) is 0 Å². The van der Waals surface area contributed by atoms with E-state index >= 15 is 0 Å². The minimum absolute atomic E-state index is 0.0835. The zero-order valence-corrected chi connectivity index (χ0v) is 14.3. The molecule has 3 heterocycles. The van der Waals surface area contributed by atoms with E-state index in [1.165, 1.54) is 0 Å². The quantitative estimate of drug-likeness (QED) is 0.755. The predicted octanol–water partition coefficient (Wildman–Crippen LogP) is 3.55. The summed E-state index contributed by atoms with van der Waals surface area (Å²) in [6.45, 7) is 1.87. The van der Waals surface area contributed by atoms with Crippen LogP contribution in [-0.4, -0.2) is 21.9 Å². The second-order valence-electron chi connectivity index (χ2n) is 6.12. The van der Waals surface area contributed by atoms with Gasteiger partial charge in [-0.2, -0.15) is 0 Å². The largest absolute Gasteiger partial charge is 0.437 e. The molecule has 4 rings (SSSR count). The van der Waals surface area contributed by atoms with Gasteiger partial charge in [0.2, 0.25) is 11.8 Å². The van der Waals surface area contributed by atoms with Crippen LogP contribution in [0.25, 0.3) is 0 Å². The summed E-state index contributed by atoms with van der Waals surface area (Å²) >= 11 is 0. The first-order valence-corrected chi connectivity index (χ1v) is 8.40. The van der Waals surface area contributed by atoms with Crippen molar-refractivity contribution in [3.63, 3.8) is 0 Å². The monoisotopic (exact) mass is 346 g/mol. The fourth-order valence-electron chi connectivity index (χ4n) is 2.89. The number of hydrogen-bond acceptors (Lipinski definition) is 5. The Kier molecular flexibility index (Phi) is 4.23. The smallest absolute Gasteiger partial charge is 0.247 e. The van der Waals surface area contributed by atoms with Gasteiger partial charge in [0.15, 0.2) is 5.75 Å². The molecule has 3 aromatic rings. The lowest BCUT2D eigenvalue weighted by molar-refractivity contribution is -0.116. The number of anilines is 2. The number of carbonyl (C=O) groups is 1. The van der Waals surface area contributed by atoms with Crippen LogP contribution >= 0.6 is 0 Å². The average Bonchev–Trinajstić information content (AvgIpc) is 3.10. The zero-order valence-electron chi connectivity index (χ0n) is 14.3. The van der Waals surface area contributed by atoms with Crippen molar-refractivity contribution < 1.29 is 9.53 Å². The summed E-state index contributed by atoms with van der Waals surface area (Å²) in [6.07, 6.45) is 3.97. The zero-order chi connectivity index (χ0) is 17.9. The summed E-state index contributed by atoms with van der Waals surface area (Å²) in [7, 11) is 0. The topological polar surface area (TPSA) is 76.1 Å². The molecule has 26 heavy (non-hydrogen) atoms. The maximum Gasteiger partial charge on any atom is 0.247 e. The van der Waals surface area contributed by atoms with Gasteiger partial charge in [-0.3, -0.25) is 9.78 Å². The van der Waals surface area contributed by atoms with Crippen LogP contribution in [0.3, 0.4) is 0 Å². The van der Waals surface area contributed by atoms with Crippen molar-refractivity contribution in [2.75, 3.05) is 10.6 Å². The van der Waals surface area contributed by atoms with E-state index in [1.807, 2.05) is 43.3 Å². The number of carbonyl (C=O) groups excluding carboxylic acids is 1. The second kappa shape index (κ2) is 6.84.